The molecule has 1 amide bonds. The van der Waals surface area contributed by atoms with E-state index in [0.29, 0.717) is 10.0 Å². The molecule has 0 saturated carbocycles. The van der Waals surface area contributed by atoms with Crippen molar-refractivity contribution in [2.24, 2.45) is 0 Å². The lowest BCUT2D eigenvalue weighted by Gasteiger charge is -2.11. The Labute approximate surface area is 140 Å². The molecule has 0 heterocycles. The summed E-state index contributed by atoms with van der Waals surface area (Å²) in [5, 5.41) is 3.99. The summed E-state index contributed by atoms with van der Waals surface area (Å²) in [5.41, 5.74) is 4.87. The molecule has 2 rings (SSSR count). The van der Waals surface area contributed by atoms with Gasteiger partial charge in [-0.2, -0.15) is 0 Å². The van der Waals surface area contributed by atoms with E-state index in [0.717, 1.165) is 22.4 Å². The number of aryl methyl sites for hydroxylation is 3. The SMILES string of the molecule is Cc1cc(C)c(NC(=O)C=Cc2ccc(Cl)cc2Cl)c(C)c1. The number of hydrogen-bond donors (Lipinski definition) is 1. The molecule has 22 heavy (non-hydrogen) atoms. The number of rotatable bonds is 3. The first-order chi connectivity index (χ1) is 10.4. The van der Waals surface area contributed by atoms with Gasteiger partial charge in [-0.25, -0.2) is 0 Å². The molecular weight excluding hydrogens is 317 g/mol. The van der Waals surface area contributed by atoms with E-state index in [1.807, 2.05) is 32.9 Å². The molecule has 114 valence electrons. The molecule has 0 atom stereocenters. The lowest BCUT2D eigenvalue weighted by atomic mass is 10.1. The molecule has 0 spiro atoms. The van der Waals surface area contributed by atoms with Crippen molar-refractivity contribution in [1.82, 2.24) is 0 Å². The average molecular weight is 334 g/mol. The van der Waals surface area contributed by atoms with Crippen molar-refractivity contribution >= 4 is 40.9 Å². The van der Waals surface area contributed by atoms with Crippen molar-refractivity contribution in [3.05, 3.63) is 68.7 Å². The minimum atomic E-state index is -0.193. The Kier molecular flexibility index (Phi) is 5.28. The van der Waals surface area contributed by atoms with Crippen molar-refractivity contribution in [3.63, 3.8) is 0 Å². The fraction of sp³-hybridized carbons (Fsp3) is 0.167. The predicted molar refractivity (Wildman–Crippen MR) is 94.8 cm³/mol. The summed E-state index contributed by atoms with van der Waals surface area (Å²) in [7, 11) is 0. The molecule has 0 aliphatic rings. The van der Waals surface area contributed by atoms with Gasteiger partial charge in [-0.3, -0.25) is 4.79 Å². The smallest absolute Gasteiger partial charge is 0.248 e. The molecule has 2 aromatic carbocycles. The van der Waals surface area contributed by atoms with Gasteiger partial charge in [0.25, 0.3) is 0 Å². The minimum Gasteiger partial charge on any atom is -0.322 e. The Morgan fingerprint density at radius 3 is 2.27 bits per heavy atom. The van der Waals surface area contributed by atoms with Crippen LogP contribution in [0.2, 0.25) is 10.0 Å². The van der Waals surface area contributed by atoms with Crippen LogP contribution in [0, 0.1) is 20.8 Å². The van der Waals surface area contributed by atoms with Crippen LogP contribution < -0.4 is 5.32 Å². The van der Waals surface area contributed by atoms with E-state index >= 15 is 0 Å². The van der Waals surface area contributed by atoms with Crippen LogP contribution in [0.3, 0.4) is 0 Å². The first kappa shape index (κ1) is 16.6. The monoisotopic (exact) mass is 333 g/mol. The molecule has 0 aliphatic heterocycles. The minimum absolute atomic E-state index is 0.193. The standard InChI is InChI=1S/C18H17Cl2NO/c1-11-8-12(2)18(13(3)9-11)21-17(22)7-5-14-4-6-15(19)10-16(14)20/h4-10H,1-3H3,(H,21,22). The van der Waals surface area contributed by atoms with Gasteiger partial charge in [0.2, 0.25) is 5.91 Å². The average Bonchev–Trinajstić information content (AvgIpc) is 2.42. The van der Waals surface area contributed by atoms with Gasteiger partial charge in [0, 0.05) is 21.8 Å². The molecule has 0 aliphatic carbocycles. The number of amides is 1. The second kappa shape index (κ2) is 6.99. The zero-order valence-electron chi connectivity index (χ0n) is 12.7. The van der Waals surface area contributed by atoms with Crippen LogP contribution >= 0.6 is 23.2 Å². The Bertz CT molecular complexity index is 728. The van der Waals surface area contributed by atoms with Gasteiger partial charge in [-0.1, -0.05) is 47.0 Å². The predicted octanol–water partition coefficient (Wildman–Crippen LogP) is 5.57. The molecular formula is C18H17Cl2NO. The van der Waals surface area contributed by atoms with Gasteiger partial charge in [-0.15, -0.1) is 0 Å². The van der Waals surface area contributed by atoms with Crippen LogP contribution in [0.1, 0.15) is 22.3 Å². The van der Waals surface area contributed by atoms with Crippen molar-refractivity contribution in [1.29, 1.82) is 0 Å². The molecule has 0 saturated heterocycles. The quantitative estimate of drug-likeness (QED) is 0.731. The van der Waals surface area contributed by atoms with Gasteiger partial charge in [0.05, 0.1) is 0 Å². The third-order valence-electron chi connectivity index (χ3n) is 3.30. The maximum absolute atomic E-state index is 12.1. The summed E-state index contributed by atoms with van der Waals surface area (Å²) in [6, 6.07) is 9.25. The van der Waals surface area contributed by atoms with Crippen LogP contribution in [0.4, 0.5) is 5.69 Å². The molecule has 2 nitrogen and oxygen atoms in total. The van der Waals surface area contributed by atoms with Crippen LogP contribution in [0.15, 0.2) is 36.4 Å². The summed E-state index contributed by atoms with van der Waals surface area (Å²) >= 11 is 11.9. The largest absolute Gasteiger partial charge is 0.322 e. The number of anilines is 1. The van der Waals surface area contributed by atoms with Crippen molar-refractivity contribution in [2.45, 2.75) is 20.8 Å². The third-order valence-corrected chi connectivity index (χ3v) is 3.86. The highest BCUT2D eigenvalue weighted by Crippen LogP contribution is 2.23. The van der Waals surface area contributed by atoms with E-state index in [1.165, 1.54) is 11.6 Å². The molecule has 0 bridgehead atoms. The highest BCUT2D eigenvalue weighted by molar-refractivity contribution is 6.35. The zero-order chi connectivity index (χ0) is 16.3. The summed E-state index contributed by atoms with van der Waals surface area (Å²) in [5.74, 6) is -0.193. The van der Waals surface area contributed by atoms with Crippen LogP contribution in [0.25, 0.3) is 6.08 Å². The molecule has 0 unspecified atom stereocenters. The van der Waals surface area contributed by atoms with Crippen LogP contribution in [-0.2, 0) is 4.79 Å². The summed E-state index contributed by atoms with van der Waals surface area (Å²) in [6.45, 7) is 6.00. The summed E-state index contributed by atoms with van der Waals surface area (Å²) < 4.78 is 0. The first-order valence-electron chi connectivity index (χ1n) is 6.89. The second-order valence-electron chi connectivity index (χ2n) is 5.26. The Morgan fingerprint density at radius 1 is 1.05 bits per heavy atom. The fourth-order valence-electron chi connectivity index (χ4n) is 2.34. The van der Waals surface area contributed by atoms with E-state index < -0.39 is 0 Å². The second-order valence-corrected chi connectivity index (χ2v) is 6.11. The van der Waals surface area contributed by atoms with Crippen molar-refractivity contribution < 1.29 is 4.79 Å². The highest BCUT2D eigenvalue weighted by atomic mass is 35.5. The number of halogens is 2. The van der Waals surface area contributed by atoms with Gasteiger partial charge < -0.3 is 5.32 Å². The molecule has 2 aromatic rings. The third kappa shape index (κ3) is 4.12. The van der Waals surface area contributed by atoms with Gasteiger partial charge in [0.1, 0.15) is 0 Å². The van der Waals surface area contributed by atoms with Gasteiger partial charge in [0.15, 0.2) is 0 Å². The van der Waals surface area contributed by atoms with Crippen LogP contribution in [-0.4, -0.2) is 5.91 Å². The first-order valence-corrected chi connectivity index (χ1v) is 7.64. The Hall–Kier alpha value is -1.77. The number of carbonyl (C=O) groups is 1. The topological polar surface area (TPSA) is 29.1 Å². The molecule has 0 radical (unpaired) electrons. The number of carbonyl (C=O) groups excluding carboxylic acids is 1. The molecule has 4 heteroatoms. The summed E-state index contributed by atoms with van der Waals surface area (Å²) in [4.78, 5) is 12.1. The number of nitrogens with one attached hydrogen (secondary N) is 1. The van der Waals surface area contributed by atoms with E-state index in [2.05, 4.69) is 5.32 Å². The molecule has 0 aromatic heterocycles. The normalized spacial score (nSPS) is 11.0. The molecule has 1 N–H and O–H groups in total. The highest BCUT2D eigenvalue weighted by Gasteiger charge is 2.06. The van der Waals surface area contributed by atoms with Gasteiger partial charge >= 0.3 is 0 Å². The van der Waals surface area contributed by atoms with E-state index in [-0.39, 0.29) is 5.91 Å². The van der Waals surface area contributed by atoms with E-state index in [9.17, 15) is 4.79 Å². The summed E-state index contributed by atoms with van der Waals surface area (Å²) in [6.07, 6.45) is 3.14. The fourth-order valence-corrected chi connectivity index (χ4v) is 2.82. The van der Waals surface area contributed by atoms with E-state index in [1.54, 1.807) is 24.3 Å². The maximum Gasteiger partial charge on any atom is 0.248 e. The lowest BCUT2D eigenvalue weighted by Crippen LogP contribution is -2.10. The van der Waals surface area contributed by atoms with Crippen molar-refractivity contribution in [2.75, 3.05) is 5.32 Å². The Morgan fingerprint density at radius 2 is 1.68 bits per heavy atom. The number of benzene rings is 2. The zero-order valence-corrected chi connectivity index (χ0v) is 14.2. The van der Waals surface area contributed by atoms with E-state index in [4.69, 9.17) is 23.2 Å². The number of hydrogen-bond acceptors (Lipinski definition) is 1. The van der Waals surface area contributed by atoms with Gasteiger partial charge in [-0.05, 0) is 55.7 Å². The van der Waals surface area contributed by atoms with Crippen molar-refractivity contribution in [3.8, 4) is 0 Å². The molecule has 0 fully saturated rings. The maximum atomic E-state index is 12.1. The Balaban J connectivity index is 2.15. The van der Waals surface area contributed by atoms with Crippen LogP contribution in [0.5, 0.6) is 0 Å². The lowest BCUT2D eigenvalue weighted by molar-refractivity contribution is -0.111.